The van der Waals surface area contributed by atoms with E-state index in [4.69, 9.17) is 0 Å². The first-order valence-corrected chi connectivity index (χ1v) is 8.48. The molecule has 0 spiro atoms. The number of hydrogen-bond donors (Lipinski definition) is 1. The minimum absolute atomic E-state index is 0.0601. The van der Waals surface area contributed by atoms with Gasteiger partial charge in [0.2, 0.25) is 5.91 Å². The number of nitrogens with one attached hydrogen (secondary N) is 1. The zero-order chi connectivity index (χ0) is 19.3. The highest BCUT2D eigenvalue weighted by Crippen LogP contribution is 2.25. The van der Waals surface area contributed by atoms with Crippen molar-refractivity contribution in [3.8, 4) is 0 Å². The largest absolute Gasteiger partial charge is 0.320 e. The monoisotopic (exact) mass is 377 g/mol. The van der Waals surface area contributed by atoms with Crippen LogP contribution in [0.4, 0.5) is 26.2 Å². The van der Waals surface area contributed by atoms with Gasteiger partial charge in [0.1, 0.15) is 11.5 Å². The molecule has 0 saturated carbocycles. The molecule has 0 saturated heterocycles. The molecular weight excluding hydrogens is 361 g/mol. The quantitative estimate of drug-likeness (QED) is 0.629. The number of para-hydroxylation sites is 2. The summed E-state index contributed by atoms with van der Waals surface area (Å²) in [6, 6.07) is 10.1. The second kappa shape index (κ2) is 8.43. The summed E-state index contributed by atoms with van der Waals surface area (Å²) < 4.78 is 13.6. The van der Waals surface area contributed by atoms with E-state index in [2.05, 4.69) is 5.32 Å². The van der Waals surface area contributed by atoms with Gasteiger partial charge in [-0.2, -0.15) is 0 Å². The lowest BCUT2D eigenvalue weighted by Gasteiger charge is -2.19. The SMILES string of the molecule is Cc1c(F)cccc1N(C)C(=O)SCC(=O)Nc1ccccc1[N+](=O)[O-]. The zero-order valence-electron chi connectivity index (χ0n) is 14.1. The molecule has 1 N–H and O–H groups in total. The normalized spacial score (nSPS) is 10.3. The molecule has 0 unspecified atom stereocenters. The summed E-state index contributed by atoms with van der Waals surface area (Å²) in [5.74, 6) is -1.22. The van der Waals surface area contributed by atoms with Gasteiger partial charge in [-0.05, 0) is 25.1 Å². The molecule has 2 rings (SSSR count). The molecule has 0 aliphatic rings. The van der Waals surface area contributed by atoms with Crippen LogP contribution in [0.3, 0.4) is 0 Å². The lowest BCUT2D eigenvalue weighted by molar-refractivity contribution is -0.383. The van der Waals surface area contributed by atoms with E-state index in [0.29, 0.717) is 11.3 Å². The second-order valence-electron chi connectivity index (χ2n) is 5.32. The van der Waals surface area contributed by atoms with E-state index >= 15 is 0 Å². The van der Waals surface area contributed by atoms with Gasteiger partial charge in [-0.25, -0.2) is 4.39 Å². The molecule has 2 aromatic rings. The van der Waals surface area contributed by atoms with Crippen molar-refractivity contribution in [2.24, 2.45) is 0 Å². The maximum Gasteiger partial charge on any atom is 0.292 e. The highest BCUT2D eigenvalue weighted by molar-refractivity contribution is 8.14. The Hall–Kier alpha value is -2.94. The van der Waals surface area contributed by atoms with Crippen molar-refractivity contribution < 1.29 is 18.9 Å². The lowest BCUT2D eigenvalue weighted by atomic mass is 10.2. The van der Waals surface area contributed by atoms with E-state index in [1.54, 1.807) is 19.1 Å². The van der Waals surface area contributed by atoms with Gasteiger partial charge in [0.15, 0.2) is 0 Å². The molecule has 0 bridgehead atoms. The van der Waals surface area contributed by atoms with Crippen molar-refractivity contribution in [2.75, 3.05) is 23.0 Å². The van der Waals surface area contributed by atoms with Crippen LogP contribution < -0.4 is 10.2 Å². The number of benzene rings is 2. The first-order chi connectivity index (χ1) is 12.3. The first kappa shape index (κ1) is 19.4. The van der Waals surface area contributed by atoms with Gasteiger partial charge in [-0.1, -0.05) is 30.0 Å². The number of hydrogen-bond acceptors (Lipinski definition) is 5. The smallest absolute Gasteiger partial charge is 0.292 e. The molecule has 0 fully saturated rings. The molecule has 0 aliphatic heterocycles. The van der Waals surface area contributed by atoms with Gasteiger partial charge < -0.3 is 10.2 Å². The number of nitro groups is 1. The van der Waals surface area contributed by atoms with Gasteiger partial charge in [-0.3, -0.25) is 19.7 Å². The lowest BCUT2D eigenvalue weighted by Crippen LogP contribution is -2.25. The Labute approximate surface area is 153 Å². The van der Waals surface area contributed by atoms with Gasteiger partial charge >= 0.3 is 0 Å². The molecule has 0 atom stereocenters. The molecule has 9 heteroatoms. The number of carbonyl (C=O) groups is 2. The summed E-state index contributed by atoms with van der Waals surface area (Å²) in [7, 11) is 1.48. The Bertz CT molecular complexity index is 860. The number of thioether (sulfide) groups is 1. The molecule has 0 heterocycles. The first-order valence-electron chi connectivity index (χ1n) is 7.50. The third kappa shape index (κ3) is 4.57. The molecule has 0 aliphatic carbocycles. The summed E-state index contributed by atoms with van der Waals surface area (Å²) in [5.41, 5.74) is 0.560. The number of nitrogens with zero attached hydrogens (tertiary/aromatic N) is 2. The molecular formula is C17H16FN3O4S. The number of carbonyl (C=O) groups excluding carboxylic acids is 2. The van der Waals surface area contributed by atoms with Gasteiger partial charge in [0.25, 0.3) is 10.9 Å². The number of halogens is 1. The maximum atomic E-state index is 13.6. The van der Waals surface area contributed by atoms with Gasteiger partial charge in [-0.15, -0.1) is 0 Å². The highest BCUT2D eigenvalue weighted by atomic mass is 32.2. The van der Waals surface area contributed by atoms with E-state index in [1.165, 1.54) is 42.3 Å². The minimum Gasteiger partial charge on any atom is -0.320 e. The topological polar surface area (TPSA) is 92.6 Å². The zero-order valence-corrected chi connectivity index (χ0v) is 14.9. The Morgan fingerprint density at radius 1 is 1.23 bits per heavy atom. The van der Waals surface area contributed by atoms with Crippen LogP contribution in [0.15, 0.2) is 42.5 Å². The fourth-order valence-corrected chi connectivity index (χ4v) is 2.83. The van der Waals surface area contributed by atoms with Crippen LogP contribution in [0.25, 0.3) is 0 Å². The van der Waals surface area contributed by atoms with Crippen LogP contribution in [0.2, 0.25) is 0 Å². The van der Waals surface area contributed by atoms with Crippen LogP contribution in [-0.4, -0.2) is 28.9 Å². The van der Waals surface area contributed by atoms with E-state index < -0.39 is 21.9 Å². The van der Waals surface area contributed by atoms with E-state index in [1.807, 2.05) is 0 Å². The molecule has 0 aromatic heterocycles. The van der Waals surface area contributed by atoms with Crippen LogP contribution in [0.1, 0.15) is 5.56 Å². The van der Waals surface area contributed by atoms with E-state index in [9.17, 15) is 24.1 Å². The fourth-order valence-electron chi connectivity index (χ4n) is 2.21. The highest BCUT2D eigenvalue weighted by Gasteiger charge is 2.19. The molecule has 2 aromatic carbocycles. The summed E-state index contributed by atoms with van der Waals surface area (Å²) in [5, 5.41) is 12.9. The van der Waals surface area contributed by atoms with Crippen molar-refractivity contribution in [1.82, 2.24) is 0 Å². The third-order valence-electron chi connectivity index (χ3n) is 3.58. The number of anilines is 2. The van der Waals surface area contributed by atoms with Crippen LogP contribution in [-0.2, 0) is 4.79 Å². The third-order valence-corrected chi connectivity index (χ3v) is 4.50. The van der Waals surface area contributed by atoms with E-state index in [-0.39, 0.29) is 17.1 Å². The van der Waals surface area contributed by atoms with Crippen molar-refractivity contribution in [2.45, 2.75) is 6.92 Å². The Balaban J connectivity index is 1.98. The van der Waals surface area contributed by atoms with Crippen molar-refractivity contribution in [3.63, 3.8) is 0 Å². The average Bonchev–Trinajstić information content (AvgIpc) is 2.61. The minimum atomic E-state index is -0.603. The predicted molar refractivity (Wildman–Crippen MR) is 99.1 cm³/mol. The molecule has 0 radical (unpaired) electrons. The average molecular weight is 377 g/mol. The summed E-state index contributed by atoms with van der Waals surface area (Å²) in [6.07, 6.45) is 0. The van der Waals surface area contributed by atoms with Crippen molar-refractivity contribution >= 4 is 40.0 Å². The number of rotatable bonds is 5. The summed E-state index contributed by atoms with van der Waals surface area (Å²) >= 11 is 0.718. The summed E-state index contributed by atoms with van der Waals surface area (Å²) in [6.45, 7) is 1.56. The van der Waals surface area contributed by atoms with Crippen molar-refractivity contribution in [3.05, 3.63) is 64.0 Å². The molecule has 136 valence electrons. The maximum absolute atomic E-state index is 13.6. The van der Waals surface area contributed by atoms with Crippen LogP contribution in [0.5, 0.6) is 0 Å². The van der Waals surface area contributed by atoms with Crippen LogP contribution >= 0.6 is 11.8 Å². The summed E-state index contributed by atoms with van der Waals surface area (Å²) in [4.78, 5) is 35.8. The Morgan fingerprint density at radius 3 is 2.62 bits per heavy atom. The van der Waals surface area contributed by atoms with Crippen LogP contribution in [0, 0.1) is 22.9 Å². The predicted octanol–water partition coefficient (Wildman–Crippen LogP) is 3.97. The fraction of sp³-hybridized carbons (Fsp3) is 0.176. The van der Waals surface area contributed by atoms with E-state index in [0.717, 1.165) is 11.8 Å². The van der Waals surface area contributed by atoms with Gasteiger partial charge in [0.05, 0.1) is 10.7 Å². The molecule has 2 amide bonds. The standard InChI is InChI=1S/C17H16FN3O4S/c1-11-12(18)6-5-9-14(11)20(2)17(23)26-10-16(22)19-13-7-3-4-8-15(13)21(24)25/h3-9H,10H2,1-2H3,(H,19,22). The van der Waals surface area contributed by atoms with Crippen molar-refractivity contribution in [1.29, 1.82) is 0 Å². The van der Waals surface area contributed by atoms with Gasteiger partial charge in [0, 0.05) is 24.4 Å². The Morgan fingerprint density at radius 2 is 1.92 bits per heavy atom. The molecule has 26 heavy (non-hydrogen) atoms. The molecule has 7 nitrogen and oxygen atoms in total. The second-order valence-corrected chi connectivity index (χ2v) is 6.25. The Kier molecular flexibility index (Phi) is 6.29. The number of amides is 2. The number of nitro benzene ring substituents is 1.